The number of amides is 1. The van der Waals surface area contributed by atoms with E-state index in [1.54, 1.807) is 0 Å². The normalized spacial score (nSPS) is 31.1. The number of carboxylic acids is 1. The zero-order valence-electron chi connectivity index (χ0n) is 19.4. The number of thiophene rings is 1. The standard InChI is InChI=1S/C26H37NO4S/c1-16-3-7-18(8-4-16)23-15-22(24(32-23)26(30)31)27(20-11-13-21(28)14-12-20)25(29)19-9-5-17(2)6-10-19/h7,15-17,19-21,28H,3-6,8-14H2,1-2H3,(H,30,31). The third-order valence-corrected chi connectivity index (χ3v) is 8.98. The second kappa shape index (κ2) is 10.1. The summed E-state index contributed by atoms with van der Waals surface area (Å²) >= 11 is 1.32. The Hall–Kier alpha value is -1.66. The lowest BCUT2D eigenvalue weighted by atomic mass is 9.81. The number of carbonyl (C=O) groups excluding carboxylic acids is 1. The van der Waals surface area contributed by atoms with Crippen molar-refractivity contribution in [2.75, 3.05) is 4.90 Å². The van der Waals surface area contributed by atoms with Crippen molar-refractivity contribution < 1.29 is 19.8 Å². The molecular formula is C26H37NO4S. The number of aromatic carboxylic acids is 1. The summed E-state index contributed by atoms with van der Waals surface area (Å²) in [5, 5.41) is 20.1. The first-order chi connectivity index (χ1) is 15.3. The van der Waals surface area contributed by atoms with Gasteiger partial charge in [-0.1, -0.05) is 19.9 Å². The van der Waals surface area contributed by atoms with Gasteiger partial charge in [0, 0.05) is 16.8 Å². The van der Waals surface area contributed by atoms with Crippen LogP contribution in [-0.2, 0) is 4.79 Å². The monoisotopic (exact) mass is 459 g/mol. The lowest BCUT2D eigenvalue weighted by Gasteiger charge is -2.38. The molecule has 0 saturated heterocycles. The minimum atomic E-state index is -0.952. The van der Waals surface area contributed by atoms with Crippen molar-refractivity contribution in [1.82, 2.24) is 0 Å². The molecule has 5 nitrogen and oxygen atoms in total. The molecule has 2 saturated carbocycles. The Morgan fingerprint density at radius 1 is 0.969 bits per heavy atom. The van der Waals surface area contributed by atoms with Crippen LogP contribution in [0.4, 0.5) is 5.69 Å². The molecule has 2 fully saturated rings. The summed E-state index contributed by atoms with van der Waals surface area (Å²) in [4.78, 5) is 29.2. The summed E-state index contributed by atoms with van der Waals surface area (Å²) in [5.74, 6) is 0.430. The fraction of sp³-hybridized carbons (Fsp3) is 0.692. The number of aliphatic hydroxyl groups excluding tert-OH is 1. The first-order valence-corrected chi connectivity index (χ1v) is 13.2. The van der Waals surface area contributed by atoms with Crippen molar-refractivity contribution in [2.45, 2.75) is 96.6 Å². The van der Waals surface area contributed by atoms with Crippen molar-refractivity contribution >= 4 is 34.5 Å². The molecule has 1 aromatic rings. The van der Waals surface area contributed by atoms with Crippen molar-refractivity contribution in [2.24, 2.45) is 17.8 Å². The Kier molecular flexibility index (Phi) is 7.40. The van der Waals surface area contributed by atoms with Gasteiger partial charge in [-0.15, -0.1) is 11.3 Å². The Bertz CT molecular complexity index is 859. The van der Waals surface area contributed by atoms with Gasteiger partial charge in [-0.05, 0) is 94.1 Å². The van der Waals surface area contributed by atoms with Crippen molar-refractivity contribution in [3.05, 3.63) is 21.9 Å². The number of carbonyl (C=O) groups is 2. The molecule has 1 aromatic heterocycles. The molecule has 0 radical (unpaired) electrons. The van der Waals surface area contributed by atoms with E-state index < -0.39 is 5.97 Å². The van der Waals surface area contributed by atoms with Crippen LogP contribution < -0.4 is 4.90 Å². The van der Waals surface area contributed by atoms with E-state index in [1.165, 1.54) is 16.9 Å². The number of aliphatic hydroxyl groups is 1. The summed E-state index contributed by atoms with van der Waals surface area (Å²) in [6.07, 6.45) is 11.7. The molecular weight excluding hydrogens is 422 g/mol. The van der Waals surface area contributed by atoms with Crippen LogP contribution in [0.25, 0.3) is 5.57 Å². The minimum Gasteiger partial charge on any atom is -0.477 e. The molecule has 1 atom stereocenters. The lowest BCUT2D eigenvalue weighted by molar-refractivity contribution is -0.124. The van der Waals surface area contributed by atoms with E-state index in [-0.39, 0.29) is 28.8 Å². The van der Waals surface area contributed by atoms with Gasteiger partial charge in [0.2, 0.25) is 5.91 Å². The maximum atomic E-state index is 13.9. The molecule has 0 aromatic carbocycles. The van der Waals surface area contributed by atoms with E-state index >= 15 is 0 Å². The Morgan fingerprint density at radius 2 is 1.66 bits per heavy atom. The second-order valence-electron chi connectivity index (χ2n) is 10.4. The van der Waals surface area contributed by atoms with Crippen molar-refractivity contribution in [3.8, 4) is 0 Å². The topological polar surface area (TPSA) is 77.8 Å². The fourth-order valence-electron chi connectivity index (χ4n) is 5.58. The lowest BCUT2D eigenvalue weighted by Crippen LogP contribution is -2.47. The van der Waals surface area contributed by atoms with E-state index in [0.717, 1.165) is 62.7 Å². The molecule has 1 heterocycles. The van der Waals surface area contributed by atoms with E-state index in [9.17, 15) is 19.8 Å². The van der Waals surface area contributed by atoms with Crippen LogP contribution in [0, 0.1) is 17.8 Å². The molecule has 0 spiro atoms. The third-order valence-electron chi connectivity index (χ3n) is 7.79. The smallest absolute Gasteiger partial charge is 0.348 e. The molecule has 0 aliphatic heterocycles. The quantitative estimate of drug-likeness (QED) is 0.557. The molecule has 3 aliphatic rings. The van der Waals surface area contributed by atoms with Gasteiger partial charge in [0.05, 0.1) is 11.8 Å². The molecule has 6 heteroatoms. The summed E-state index contributed by atoms with van der Waals surface area (Å²) in [6, 6.07) is 1.94. The first kappa shape index (κ1) is 23.5. The van der Waals surface area contributed by atoms with Crippen molar-refractivity contribution in [3.63, 3.8) is 0 Å². The second-order valence-corrected chi connectivity index (χ2v) is 11.4. The molecule has 4 rings (SSSR count). The molecule has 3 aliphatic carbocycles. The highest BCUT2D eigenvalue weighted by Gasteiger charge is 2.37. The Labute approximate surface area is 195 Å². The highest BCUT2D eigenvalue weighted by Crippen LogP contribution is 2.42. The summed E-state index contributed by atoms with van der Waals surface area (Å²) in [5.41, 5.74) is 1.81. The Balaban J connectivity index is 1.69. The first-order valence-electron chi connectivity index (χ1n) is 12.4. The highest BCUT2D eigenvalue weighted by molar-refractivity contribution is 7.15. The number of anilines is 1. The molecule has 32 heavy (non-hydrogen) atoms. The van der Waals surface area contributed by atoms with Crippen LogP contribution in [0.5, 0.6) is 0 Å². The largest absolute Gasteiger partial charge is 0.477 e. The van der Waals surface area contributed by atoms with Gasteiger partial charge in [-0.3, -0.25) is 4.79 Å². The average Bonchev–Trinajstić information content (AvgIpc) is 3.21. The third kappa shape index (κ3) is 5.12. The van der Waals surface area contributed by atoms with E-state index in [1.807, 2.05) is 11.0 Å². The maximum absolute atomic E-state index is 13.9. The van der Waals surface area contributed by atoms with Crippen LogP contribution in [0.2, 0.25) is 0 Å². The average molecular weight is 460 g/mol. The van der Waals surface area contributed by atoms with Crippen LogP contribution in [0.15, 0.2) is 12.1 Å². The van der Waals surface area contributed by atoms with Gasteiger partial charge < -0.3 is 15.1 Å². The number of hydrogen-bond donors (Lipinski definition) is 2. The fourth-order valence-corrected chi connectivity index (χ4v) is 6.63. The van der Waals surface area contributed by atoms with Gasteiger partial charge >= 0.3 is 5.97 Å². The van der Waals surface area contributed by atoms with Gasteiger partial charge in [-0.25, -0.2) is 4.79 Å². The summed E-state index contributed by atoms with van der Waals surface area (Å²) in [7, 11) is 0. The predicted octanol–water partition coefficient (Wildman–Crippen LogP) is 6.11. The number of hydrogen-bond acceptors (Lipinski definition) is 4. The van der Waals surface area contributed by atoms with E-state index in [2.05, 4.69) is 19.9 Å². The highest BCUT2D eigenvalue weighted by atomic mass is 32.1. The van der Waals surface area contributed by atoms with Crippen LogP contribution in [0.3, 0.4) is 0 Å². The van der Waals surface area contributed by atoms with Gasteiger partial charge in [0.25, 0.3) is 0 Å². The molecule has 1 amide bonds. The van der Waals surface area contributed by atoms with E-state index in [0.29, 0.717) is 30.4 Å². The van der Waals surface area contributed by atoms with Gasteiger partial charge in [0.15, 0.2) is 0 Å². The van der Waals surface area contributed by atoms with Gasteiger partial charge in [0.1, 0.15) is 4.88 Å². The number of nitrogens with zero attached hydrogens (tertiary/aromatic N) is 1. The zero-order chi connectivity index (χ0) is 22.8. The van der Waals surface area contributed by atoms with Crippen LogP contribution >= 0.6 is 11.3 Å². The van der Waals surface area contributed by atoms with Gasteiger partial charge in [-0.2, -0.15) is 0 Å². The summed E-state index contributed by atoms with van der Waals surface area (Å²) in [6.45, 7) is 4.49. The maximum Gasteiger partial charge on any atom is 0.348 e. The number of allylic oxidation sites excluding steroid dienone is 2. The van der Waals surface area contributed by atoms with Crippen LogP contribution in [0.1, 0.15) is 99.0 Å². The predicted molar refractivity (Wildman–Crippen MR) is 129 cm³/mol. The minimum absolute atomic E-state index is 0.0298. The summed E-state index contributed by atoms with van der Waals surface area (Å²) < 4.78 is 0. The molecule has 1 unspecified atom stereocenters. The zero-order valence-corrected chi connectivity index (χ0v) is 20.2. The van der Waals surface area contributed by atoms with Crippen molar-refractivity contribution in [1.29, 1.82) is 0 Å². The number of carboxylic acid groups (broad SMARTS) is 1. The SMILES string of the molecule is CC1CC=C(c2cc(N(C(=O)C3CCC(C)CC3)C3CCC(O)CC3)c(C(=O)O)s2)CC1. The number of rotatable bonds is 5. The van der Waals surface area contributed by atoms with Crippen LogP contribution in [-0.4, -0.2) is 34.2 Å². The molecule has 0 bridgehead atoms. The Morgan fingerprint density at radius 3 is 2.25 bits per heavy atom. The van der Waals surface area contributed by atoms with E-state index in [4.69, 9.17) is 0 Å². The molecule has 2 N–H and O–H groups in total. The molecule has 176 valence electrons.